The van der Waals surface area contributed by atoms with Gasteiger partial charge in [-0.2, -0.15) is 0 Å². The lowest BCUT2D eigenvalue weighted by molar-refractivity contribution is -0.127. The number of para-hydroxylation sites is 1. The first kappa shape index (κ1) is 14.5. The normalized spacial score (nSPS) is 20.0. The number of rotatable bonds is 5. The highest BCUT2D eigenvalue weighted by molar-refractivity contribution is 6.00. The summed E-state index contributed by atoms with van der Waals surface area (Å²) in [5, 5.41) is 11.9. The minimum Gasteiger partial charge on any atom is -0.394 e. The summed E-state index contributed by atoms with van der Waals surface area (Å²) in [6, 6.07) is 9.12. The summed E-state index contributed by atoms with van der Waals surface area (Å²) in [7, 11) is 0. The summed E-state index contributed by atoms with van der Waals surface area (Å²) >= 11 is 0. The van der Waals surface area contributed by atoms with Gasteiger partial charge in [0, 0.05) is 18.7 Å². The first-order valence-corrected chi connectivity index (χ1v) is 6.92. The fourth-order valence-corrected chi connectivity index (χ4v) is 2.34. The second-order valence-electron chi connectivity index (χ2n) is 5.04. The second-order valence-corrected chi connectivity index (χ2v) is 5.04. The predicted octanol–water partition coefficient (Wildman–Crippen LogP) is 0.927. The number of hydrogen-bond donors (Lipinski definition) is 2. The molecular weight excluding hydrogens is 256 g/mol. The summed E-state index contributed by atoms with van der Waals surface area (Å²) in [5.74, 6) is -0.533. The van der Waals surface area contributed by atoms with Crippen LogP contribution in [0.5, 0.6) is 0 Å². The molecule has 1 aliphatic rings. The van der Waals surface area contributed by atoms with Crippen molar-refractivity contribution in [1.29, 1.82) is 0 Å². The highest BCUT2D eigenvalue weighted by Crippen LogP contribution is 2.24. The molecule has 2 unspecified atom stereocenters. The Morgan fingerprint density at radius 2 is 2.15 bits per heavy atom. The number of aliphatic hydroxyl groups is 1. The van der Waals surface area contributed by atoms with Crippen LogP contribution in [0.3, 0.4) is 0 Å². The van der Waals surface area contributed by atoms with Crippen molar-refractivity contribution in [3.05, 3.63) is 30.3 Å². The van der Waals surface area contributed by atoms with Gasteiger partial charge in [-0.3, -0.25) is 9.59 Å². The van der Waals surface area contributed by atoms with Gasteiger partial charge in [0.1, 0.15) is 0 Å². The van der Waals surface area contributed by atoms with Crippen molar-refractivity contribution in [2.75, 3.05) is 18.1 Å². The third kappa shape index (κ3) is 3.17. The minimum absolute atomic E-state index is 0.0339. The first-order valence-electron chi connectivity index (χ1n) is 6.92. The number of benzene rings is 1. The van der Waals surface area contributed by atoms with Crippen LogP contribution in [0.25, 0.3) is 0 Å². The summed E-state index contributed by atoms with van der Waals surface area (Å²) in [6.07, 6.45) is 0.897. The monoisotopic (exact) mass is 276 g/mol. The van der Waals surface area contributed by atoms with Crippen molar-refractivity contribution in [3.8, 4) is 0 Å². The van der Waals surface area contributed by atoms with Crippen LogP contribution in [-0.4, -0.2) is 36.1 Å². The molecule has 2 N–H and O–H groups in total. The zero-order valence-corrected chi connectivity index (χ0v) is 11.6. The Morgan fingerprint density at radius 1 is 1.45 bits per heavy atom. The SMILES string of the molecule is CCC(CO)NC(=O)C1CC(=O)N(c2ccccc2)C1. The maximum atomic E-state index is 12.1. The van der Waals surface area contributed by atoms with Gasteiger partial charge in [0.25, 0.3) is 0 Å². The van der Waals surface area contributed by atoms with Gasteiger partial charge in [-0.25, -0.2) is 0 Å². The van der Waals surface area contributed by atoms with E-state index in [0.29, 0.717) is 13.0 Å². The van der Waals surface area contributed by atoms with Gasteiger partial charge in [0.05, 0.1) is 18.6 Å². The predicted molar refractivity (Wildman–Crippen MR) is 76.2 cm³/mol. The average Bonchev–Trinajstić information content (AvgIpc) is 2.87. The van der Waals surface area contributed by atoms with E-state index in [1.165, 1.54) is 0 Å². The molecule has 1 fully saturated rings. The molecule has 2 amide bonds. The van der Waals surface area contributed by atoms with Crippen LogP contribution in [0, 0.1) is 5.92 Å². The van der Waals surface area contributed by atoms with E-state index in [1.807, 2.05) is 37.3 Å². The number of nitrogens with zero attached hydrogens (tertiary/aromatic N) is 1. The molecule has 0 radical (unpaired) electrons. The maximum absolute atomic E-state index is 12.1. The van der Waals surface area contributed by atoms with Crippen molar-refractivity contribution in [1.82, 2.24) is 5.32 Å². The number of carbonyl (C=O) groups excluding carboxylic acids is 2. The number of anilines is 1. The molecule has 5 nitrogen and oxygen atoms in total. The first-order chi connectivity index (χ1) is 9.65. The summed E-state index contributed by atoms with van der Waals surface area (Å²) < 4.78 is 0. The largest absolute Gasteiger partial charge is 0.394 e. The summed E-state index contributed by atoms with van der Waals surface area (Å²) in [4.78, 5) is 25.7. The molecule has 0 aliphatic carbocycles. The van der Waals surface area contributed by atoms with E-state index >= 15 is 0 Å². The van der Waals surface area contributed by atoms with Crippen LogP contribution in [0.15, 0.2) is 30.3 Å². The van der Waals surface area contributed by atoms with Gasteiger partial charge in [0.2, 0.25) is 11.8 Å². The van der Waals surface area contributed by atoms with Crippen molar-refractivity contribution in [3.63, 3.8) is 0 Å². The third-order valence-corrected chi connectivity index (χ3v) is 3.62. The van der Waals surface area contributed by atoms with E-state index in [0.717, 1.165) is 5.69 Å². The zero-order valence-electron chi connectivity index (χ0n) is 11.6. The topological polar surface area (TPSA) is 69.6 Å². The van der Waals surface area contributed by atoms with Crippen molar-refractivity contribution < 1.29 is 14.7 Å². The average molecular weight is 276 g/mol. The van der Waals surface area contributed by atoms with E-state index in [2.05, 4.69) is 5.32 Å². The minimum atomic E-state index is -0.344. The Kier molecular flexibility index (Phi) is 4.74. The smallest absolute Gasteiger partial charge is 0.227 e. The molecule has 20 heavy (non-hydrogen) atoms. The molecule has 1 aliphatic heterocycles. The summed E-state index contributed by atoms with van der Waals surface area (Å²) in [5.41, 5.74) is 0.821. The van der Waals surface area contributed by atoms with Gasteiger partial charge < -0.3 is 15.3 Å². The molecule has 5 heteroatoms. The Bertz CT molecular complexity index is 471. The lowest BCUT2D eigenvalue weighted by Gasteiger charge is -2.18. The van der Waals surface area contributed by atoms with Crippen LogP contribution in [0.4, 0.5) is 5.69 Å². The Labute approximate surface area is 118 Å². The molecule has 1 aromatic carbocycles. The third-order valence-electron chi connectivity index (χ3n) is 3.62. The highest BCUT2D eigenvalue weighted by atomic mass is 16.3. The molecule has 0 aromatic heterocycles. The van der Waals surface area contributed by atoms with E-state index in [4.69, 9.17) is 5.11 Å². The zero-order chi connectivity index (χ0) is 14.5. The molecular formula is C15H20N2O3. The highest BCUT2D eigenvalue weighted by Gasteiger charge is 2.35. The number of aliphatic hydroxyl groups excluding tert-OH is 1. The maximum Gasteiger partial charge on any atom is 0.227 e. The Morgan fingerprint density at radius 3 is 2.75 bits per heavy atom. The molecule has 1 saturated heterocycles. The molecule has 0 bridgehead atoms. The van der Waals surface area contributed by atoms with E-state index in [-0.39, 0.29) is 36.8 Å². The fourth-order valence-electron chi connectivity index (χ4n) is 2.34. The van der Waals surface area contributed by atoms with E-state index < -0.39 is 0 Å². The van der Waals surface area contributed by atoms with Crippen LogP contribution >= 0.6 is 0 Å². The van der Waals surface area contributed by atoms with Crippen LogP contribution in [-0.2, 0) is 9.59 Å². The number of hydrogen-bond acceptors (Lipinski definition) is 3. The molecule has 2 atom stereocenters. The fraction of sp³-hybridized carbons (Fsp3) is 0.467. The van der Waals surface area contributed by atoms with Gasteiger partial charge in [-0.05, 0) is 18.6 Å². The number of amides is 2. The van der Waals surface area contributed by atoms with E-state index in [1.54, 1.807) is 4.90 Å². The van der Waals surface area contributed by atoms with Crippen LogP contribution < -0.4 is 10.2 Å². The standard InChI is InChI=1S/C15H20N2O3/c1-2-12(10-18)16-15(20)11-8-14(19)17(9-11)13-6-4-3-5-7-13/h3-7,11-12,18H,2,8-10H2,1H3,(H,16,20). The van der Waals surface area contributed by atoms with Crippen molar-refractivity contribution in [2.24, 2.45) is 5.92 Å². The lowest BCUT2D eigenvalue weighted by atomic mass is 10.1. The van der Waals surface area contributed by atoms with Gasteiger partial charge in [-0.1, -0.05) is 25.1 Å². The molecule has 2 rings (SSSR count). The lowest BCUT2D eigenvalue weighted by Crippen LogP contribution is -2.41. The molecule has 1 aromatic rings. The van der Waals surface area contributed by atoms with Gasteiger partial charge in [-0.15, -0.1) is 0 Å². The number of carbonyl (C=O) groups is 2. The van der Waals surface area contributed by atoms with Crippen molar-refractivity contribution >= 4 is 17.5 Å². The quantitative estimate of drug-likeness (QED) is 0.840. The summed E-state index contributed by atoms with van der Waals surface area (Å²) in [6.45, 7) is 2.22. The molecule has 0 saturated carbocycles. The Balaban J connectivity index is 2.00. The van der Waals surface area contributed by atoms with Crippen molar-refractivity contribution in [2.45, 2.75) is 25.8 Å². The Hall–Kier alpha value is -1.88. The van der Waals surface area contributed by atoms with Gasteiger partial charge in [0.15, 0.2) is 0 Å². The molecule has 0 spiro atoms. The van der Waals surface area contributed by atoms with E-state index in [9.17, 15) is 9.59 Å². The number of nitrogens with one attached hydrogen (secondary N) is 1. The molecule has 108 valence electrons. The molecule has 1 heterocycles. The van der Waals surface area contributed by atoms with Crippen LogP contribution in [0.1, 0.15) is 19.8 Å². The second kappa shape index (κ2) is 6.52. The van der Waals surface area contributed by atoms with Crippen LogP contribution in [0.2, 0.25) is 0 Å². The van der Waals surface area contributed by atoms with Gasteiger partial charge >= 0.3 is 0 Å².